The molecule has 2 nitrogen and oxygen atoms in total. The van der Waals surface area contributed by atoms with Crippen molar-refractivity contribution in [3.05, 3.63) is 91.1 Å². The zero-order valence-corrected chi connectivity index (χ0v) is 14.6. The molecule has 0 atom stereocenters. The summed E-state index contributed by atoms with van der Waals surface area (Å²) in [6, 6.07) is 29.8. The van der Waals surface area contributed by atoms with E-state index in [2.05, 4.69) is 89.4 Å². The van der Waals surface area contributed by atoms with Gasteiger partial charge in [0.05, 0.1) is 11.2 Å². The van der Waals surface area contributed by atoms with Gasteiger partial charge in [-0.15, -0.1) is 0 Å². The molecule has 3 aromatic carbocycles. The van der Waals surface area contributed by atoms with Crippen LogP contribution in [0.4, 0.5) is 0 Å². The van der Waals surface area contributed by atoms with Crippen molar-refractivity contribution in [3.8, 4) is 22.4 Å². The molecule has 2 aromatic heterocycles. The number of hydrogen-bond donors (Lipinski definition) is 0. The predicted molar refractivity (Wildman–Crippen MR) is 109 cm³/mol. The summed E-state index contributed by atoms with van der Waals surface area (Å²) in [7, 11) is 2.14. The molecule has 26 heavy (non-hydrogen) atoms. The zero-order chi connectivity index (χ0) is 17.5. The normalized spacial score (nSPS) is 11.3. The number of rotatable bonds is 2. The van der Waals surface area contributed by atoms with Gasteiger partial charge < -0.3 is 4.57 Å². The van der Waals surface area contributed by atoms with Gasteiger partial charge in [-0.25, -0.2) is 0 Å². The smallest absolute Gasteiger partial charge is 0.0723 e. The van der Waals surface area contributed by atoms with Crippen LogP contribution in [0, 0.1) is 0 Å². The number of aromatic nitrogens is 2. The molecular weight excluding hydrogens is 316 g/mol. The molecule has 0 unspecified atom stereocenters. The summed E-state index contributed by atoms with van der Waals surface area (Å²) >= 11 is 0. The fourth-order valence-corrected chi connectivity index (χ4v) is 3.83. The number of hydrogen-bond acceptors (Lipinski definition) is 1. The Kier molecular flexibility index (Phi) is 3.36. The SMILES string of the molecule is Cn1c2ccc(-c3ccccc3)cc2c2cccc(-c3ccccn3)c21. The molecular formula is C24H18N2. The van der Waals surface area contributed by atoms with Crippen LogP contribution in [0.2, 0.25) is 0 Å². The van der Waals surface area contributed by atoms with Crippen LogP contribution in [0.3, 0.4) is 0 Å². The summed E-state index contributed by atoms with van der Waals surface area (Å²) in [5, 5.41) is 2.55. The molecule has 0 aliphatic heterocycles. The van der Waals surface area contributed by atoms with E-state index in [0.717, 1.165) is 5.69 Å². The highest BCUT2D eigenvalue weighted by molar-refractivity contribution is 6.13. The Balaban J connectivity index is 1.83. The highest BCUT2D eigenvalue weighted by Gasteiger charge is 2.14. The van der Waals surface area contributed by atoms with Crippen molar-refractivity contribution in [1.82, 2.24) is 9.55 Å². The van der Waals surface area contributed by atoms with Crippen molar-refractivity contribution in [3.63, 3.8) is 0 Å². The second-order valence-electron chi connectivity index (χ2n) is 6.57. The van der Waals surface area contributed by atoms with Gasteiger partial charge in [0.25, 0.3) is 0 Å². The molecule has 0 aliphatic rings. The first-order valence-corrected chi connectivity index (χ1v) is 8.81. The average molecular weight is 334 g/mol. The lowest BCUT2D eigenvalue weighted by molar-refractivity contribution is 1.01. The van der Waals surface area contributed by atoms with E-state index in [9.17, 15) is 0 Å². The molecule has 0 N–H and O–H groups in total. The van der Waals surface area contributed by atoms with E-state index in [4.69, 9.17) is 0 Å². The third-order valence-corrected chi connectivity index (χ3v) is 5.07. The van der Waals surface area contributed by atoms with Crippen LogP contribution >= 0.6 is 0 Å². The Morgan fingerprint density at radius 1 is 0.692 bits per heavy atom. The van der Waals surface area contributed by atoms with E-state index >= 15 is 0 Å². The fraction of sp³-hybridized carbons (Fsp3) is 0.0417. The van der Waals surface area contributed by atoms with Crippen molar-refractivity contribution < 1.29 is 0 Å². The number of benzene rings is 3. The summed E-state index contributed by atoms with van der Waals surface area (Å²) in [5.41, 5.74) is 7.13. The number of pyridine rings is 1. The molecule has 5 rings (SSSR count). The lowest BCUT2D eigenvalue weighted by Gasteiger charge is -2.05. The third-order valence-electron chi connectivity index (χ3n) is 5.07. The number of nitrogens with zero attached hydrogens (tertiary/aromatic N) is 2. The number of aryl methyl sites for hydroxylation is 1. The molecule has 5 aromatic rings. The molecule has 0 bridgehead atoms. The largest absolute Gasteiger partial charge is 0.343 e. The van der Waals surface area contributed by atoms with Gasteiger partial charge >= 0.3 is 0 Å². The predicted octanol–water partition coefficient (Wildman–Crippen LogP) is 6.06. The first-order chi connectivity index (χ1) is 12.8. The zero-order valence-electron chi connectivity index (χ0n) is 14.6. The van der Waals surface area contributed by atoms with Crippen LogP contribution in [0.1, 0.15) is 0 Å². The van der Waals surface area contributed by atoms with E-state index < -0.39 is 0 Å². The van der Waals surface area contributed by atoms with Gasteiger partial charge in [-0.1, -0.05) is 60.7 Å². The molecule has 0 radical (unpaired) electrons. The topological polar surface area (TPSA) is 17.8 Å². The minimum Gasteiger partial charge on any atom is -0.343 e. The Bertz CT molecular complexity index is 1220. The molecule has 0 fully saturated rings. The summed E-state index contributed by atoms with van der Waals surface area (Å²) in [4.78, 5) is 4.56. The minimum atomic E-state index is 1.01. The lowest BCUT2D eigenvalue weighted by atomic mass is 10.0. The van der Waals surface area contributed by atoms with Crippen LogP contribution in [0.15, 0.2) is 91.1 Å². The Labute approximate surface area is 152 Å². The Morgan fingerprint density at radius 3 is 2.35 bits per heavy atom. The Morgan fingerprint density at radius 2 is 1.54 bits per heavy atom. The quantitative estimate of drug-likeness (QED) is 0.383. The van der Waals surface area contributed by atoms with Gasteiger partial charge in [-0.3, -0.25) is 4.98 Å². The maximum atomic E-state index is 4.56. The molecule has 0 aliphatic carbocycles. The van der Waals surface area contributed by atoms with Gasteiger partial charge in [0.15, 0.2) is 0 Å². The maximum absolute atomic E-state index is 4.56. The second kappa shape index (κ2) is 5.85. The van der Waals surface area contributed by atoms with Gasteiger partial charge in [0.1, 0.15) is 0 Å². The van der Waals surface area contributed by atoms with E-state index in [0.29, 0.717) is 0 Å². The van der Waals surface area contributed by atoms with Gasteiger partial charge in [0.2, 0.25) is 0 Å². The van der Waals surface area contributed by atoms with E-state index in [-0.39, 0.29) is 0 Å². The standard InChI is InChI=1S/C24H18N2/c1-26-23-14-13-18(17-8-3-2-4-9-17)16-21(23)19-10-7-11-20(24(19)26)22-12-5-6-15-25-22/h2-16H,1H3. The molecule has 2 heteroatoms. The van der Waals surface area contributed by atoms with Crippen LogP contribution in [-0.4, -0.2) is 9.55 Å². The average Bonchev–Trinajstić information content (AvgIpc) is 3.01. The van der Waals surface area contributed by atoms with Crippen molar-refractivity contribution in [2.75, 3.05) is 0 Å². The molecule has 0 saturated heterocycles. The molecule has 2 heterocycles. The molecule has 124 valence electrons. The van der Waals surface area contributed by atoms with Crippen molar-refractivity contribution in [2.45, 2.75) is 0 Å². The first kappa shape index (κ1) is 14.9. The van der Waals surface area contributed by atoms with Gasteiger partial charge in [0, 0.05) is 35.1 Å². The fourth-order valence-electron chi connectivity index (χ4n) is 3.83. The number of fused-ring (bicyclic) bond motifs is 3. The van der Waals surface area contributed by atoms with Crippen LogP contribution in [0.25, 0.3) is 44.2 Å². The van der Waals surface area contributed by atoms with E-state index in [1.54, 1.807) is 0 Å². The van der Waals surface area contributed by atoms with Crippen LogP contribution < -0.4 is 0 Å². The number of para-hydroxylation sites is 1. The van der Waals surface area contributed by atoms with E-state index in [1.165, 1.54) is 38.5 Å². The summed E-state index contributed by atoms with van der Waals surface area (Å²) in [6.07, 6.45) is 1.85. The molecule has 0 spiro atoms. The van der Waals surface area contributed by atoms with Crippen molar-refractivity contribution in [2.24, 2.45) is 7.05 Å². The monoisotopic (exact) mass is 334 g/mol. The minimum absolute atomic E-state index is 1.01. The van der Waals surface area contributed by atoms with Crippen molar-refractivity contribution in [1.29, 1.82) is 0 Å². The molecule has 0 saturated carbocycles. The summed E-state index contributed by atoms with van der Waals surface area (Å²) < 4.78 is 2.28. The highest BCUT2D eigenvalue weighted by atomic mass is 14.9. The highest BCUT2D eigenvalue weighted by Crippen LogP contribution is 2.36. The van der Waals surface area contributed by atoms with Crippen LogP contribution in [0.5, 0.6) is 0 Å². The van der Waals surface area contributed by atoms with Crippen LogP contribution in [-0.2, 0) is 7.05 Å². The summed E-state index contributed by atoms with van der Waals surface area (Å²) in [6.45, 7) is 0. The Hall–Kier alpha value is -3.39. The molecule has 0 amide bonds. The first-order valence-electron chi connectivity index (χ1n) is 8.81. The maximum Gasteiger partial charge on any atom is 0.0723 e. The second-order valence-corrected chi connectivity index (χ2v) is 6.57. The van der Waals surface area contributed by atoms with Crippen molar-refractivity contribution >= 4 is 21.8 Å². The lowest BCUT2D eigenvalue weighted by Crippen LogP contribution is -1.91. The van der Waals surface area contributed by atoms with Gasteiger partial charge in [-0.2, -0.15) is 0 Å². The third kappa shape index (κ3) is 2.23. The summed E-state index contributed by atoms with van der Waals surface area (Å²) in [5.74, 6) is 0. The van der Waals surface area contributed by atoms with E-state index in [1.807, 2.05) is 18.3 Å². The van der Waals surface area contributed by atoms with Gasteiger partial charge in [-0.05, 0) is 35.4 Å².